The number of carbonyl (C=O) groups is 3. The second-order valence-electron chi connectivity index (χ2n) is 6.42. The van der Waals surface area contributed by atoms with Crippen LogP contribution in [0, 0.1) is 5.41 Å². The van der Waals surface area contributed by atoms with Crippen molar-refractivity contribution in [1.29, 1.82) is 0 Å². The summed E-state index contributed by atoms with van der Waals surface area (Å²) in [5.74, 6) is -0.546. The first kappa shape index (κ1) is 16.7. The predicted molar refractivity (Wildman–Crippen MR) is 76.6 cm³/mol. The number of carbonyl (C=O) groups excluding carboxylic acids is 3. The Morgan fingerprint density at radius 1 is 1.50 bits per heavy atom. The van der Waals surface area contributed by atoms with E-state index in [0.29, 0.717) is 6.42 Å². The molecule has 2 aliphatic heterocycles. The lowest BCUT2D eigenvalue weighted by Crippen LogP contribution is -2.65. The molecule has 0 radical (unpaired) electrons. The molecule has 0 aliphatic carbocycles. The molecule has 0 bridgehead atoms. The molecule has 3 N–H and O–H groups in total. The van der Waals surface area contributed by atoms with Crippen molar-refractivity contribution in [3.05, 3.63) is 0 Å². The monoisotopic (exact) mass is 313 g/mol. The van der Waals surface area contributed by atoms with E-state index in [4.69, 9.17) is 4.74 Å². The van der Waals surface area contributed by atoms with Crippen molar-refractivity contribution in [2.24, 2.45) is 5.41 Å². The van der Waals surface area contributed by atoms with Crippen LogP contribution in [-0.4, -0.2) is 58.9 Å². The minimum atomic E-state index is -0.752. The van der Waals surface area contributed by atoms with Gasteiger partial charge in [-0.15, -0.1) is 0 Å². The SMILES string of the molecule is CC(=O)NC1CC(N2C(=O)NC(=O)C(C)(C)C2C)OC1CO. The molecule has 22 heavy (non-hydrogen) atoms. The number of rotatable bonds is 3. The van der Waals surface area contributed by atoms with Gasteiger partial charge in [-0.25, -0.2) is 4.79 Å². The van der Waals surface area contributed by atoms with Crippen molar-refractivity contribution < 1.29 is 24.2 Å². The summed E-state index contributed by atoms with van der Waals surface area (Å²) < 4.78 is 5.72. The van der Waals surface area contributed by atoms with Gasteiger partial charge >= 0.3 is 6.03 Å². The molecule has 8 nitrogen and oxygen atoms in total. The molecule has 0 aromatic carbocycles. The summed E-state index contributed by atoms with van der Waals surface area (Å²) in [5.41, 5.74) is -0.752. The lowest BCUT2D eigenvalue weighted by molar-refractivity contribution is -0.140. The Morgan fingerprint density at radius 3 is 2.68 bits per heavy atom. The Morgan fingerprint density at radius 2 is 2.14 bits per heavy atom. The average Bonchev–Trinajstić information content (AvgIpc) is 2.79. The molecule has 2 rings (SSSR count). The van der Waals surface area contributed by atoms with E-state index in [1.807, 2.05) is 0 Å². The number of hydrogen-bond acceptors (Lipinski definition) is 5. The second-order valence-corrected chi connectivity index (χ2v) is 6.42. The summed E-state index contributed by atoms with van der Waals surface area (Å²) in [4.78, 5) is 36.8. The van der Waals surface area contributed by atoms with Crippen LogP contribution in [-0.2, 0) is 14.3 Å². The molecular weight excluding hydrogens is 290 g/mol. The number of aliphatic hydroxyl groups is 1. The van der Waals surface area contributed by atoms with E-state index < -0.39 is 23.8 Å². The van der Waals surface area contributed by atoms with E-state index >= 15 is 0 Å². The molecule has 4 amide bonds. The maximum absolute atomic E-state index is 12.2. The standard InChI is InChI=1S/C14H23N3O5/c1-7-14(3,4)12(20)16-13(21)17(7)11-5-9(15-8(2)19)10(6-18)22-11/h7,9-11,18H,5-6H2,1-4H3,(H,15,19)(H,16,20,21). The van der Waals surface area contributed by atoms with Crippen molar-refractivity contribution in [3.8, 4) is 0 Å². The third kappa shape index (κ3) is 2.80. The third-order valence-electron chi connectivity index (χ3n) is 4.62. The molecule has 124 valence electrons. The third-order valence-corrected chi connectivity index (χ3v) is 4.62. The Labute approximate surface area is 129 Å². The first-order chi connectivity index (χ1) is 10.2. The zero-order valence-corrected chi connectivity index (χ0v) is 13.3. The molecule has 4 atom stereocenters. The smallest absolute Gasteiger partial charge is 0.326 e. The number of nitrogens with zero attached hydrogens (tertiary/aromatic N) is 1. The van der Waals surface area contributed by atoms with Gasteiger partial charge in [0.2, 0.25) is 11.8 Å². The average molecular weight is 313 g/mol. The van der Waals surface area contributed by atoms with E-state index in [1.54, 1.807) is 20.8 Å². The van der Waals surface area contributed by atoms with E-state index in [0.717, 1.165) is 0 Å². The van der Waals surface area contributed by atoms with Gasteiger partial charge in [0, 0.05) is 19.4 Å². The number of imide groups is 1. The van der Waals surface area contributed by atoms with E-state index in [1.165, 1.54) is 11.8 Å². The molecule has 2 saturated heterocycles. The van der Waals surface area contributed by atoms with Gasteiger partial charge in [0.15, 0.2) is 0 Å². The van der Waals surface area contributed by atoms with Crippen LogP contribution >= 0.6 is 0 Å². The van der Waals surface area contributed by atoms with Gasteiger partial charge in [-0.05, 0) is 20.8 Å². The van der Waals surface area contributed by atoms with Crippen molar-refractivity contribution in [2.75, 3.05) is 6.61 Å². The number of aliphatic hydroxyl groups excluding tert-OH is 1. The summed E-state index contributed by atoms with van der Waals surface area (Å²) in [5, 5.41) is 14.4. The van der Waals surface area contributed by atoms with Crippen molar-refractivity contribution in [3.63, 3.8) is 0 Å². The van der Waals surface area contributed by atoms with Gasteiger partial charge in [0.05, 0.1) is 18.1 Å². The fraction of sp³-hybridized carbons (Fsp3) is 0.786. The van der Waals surface area contributed by atoms with E-state index in [-0.39, 0.29) is 30.5 Å². The molecule has 0 aromatic heterocycles. The van der Waals surface area contributed by atoms with Crippen molar-refractivity contribution in [1.82, 2.24) is 15.5 Å². The van der Waals surface area contributed by atoms with Gasteiger partial charge in [0.1, 0.15) is 12.3 Å². The minimum Gasteiger partial charge on any atom is -0.394 e. The van der Waals surface area contributed by atoms with Crippen LogP contribution < -0.4 is 10.6 Å². The fourth-order valence-corrected chi connectivity index (χ4v) is 2.90. The zero-order chi connectivity index (χ0) is 16.7. The fourth-order valence-electron chi connectivity index (χ4n) is 2.90. The topological polar surface area (TPSA) is 108 Å². The van der Waals surface area contributed by atoms with Crippen LogP contribution in [0.2, 0.25) is 0 Å². The van der Waals surface area contributed by atoms with Gasteiger partial charge in [-0.1, -0.05) is 0 Å². The highest BCUT2D eigenvalue weighted by Crippen LogP contribution is 2.34. The van der Waals surface area contributed by atoms with Crippen LogP contribution in [0.15, 0.2) is 0 Å². The largest absolute Gasteiger partial charge is 0.394 e. The van der Waals surface area contributed by atoms with Crippen LogP contribution in [0.1, 0.15) is 34.1 Å². The van der Waals surface area contributed by atoms with Gasteiger partial charge in [-0.2, -0.15) is 0 Å². The number of nitrogens with one attached hydrogen (secondary N) is 2. The molecule has 0 aromatic rings. The summed E-state index contributed by atoms with van der Waals surface area (Å²) in [7, 11) is 0. The number of hydrogen-bond donors (Lipinski definition) is 3. The molecule has 0 spiro atoms. The molecule has 8 heteroatoms. The van der Waals surface area contributed by atoms with Gasteiger partial charge in [0.25, 0.3) is 0 Å². The van der Waals surface area contributed by atoms with Gasteiger partial charge in [-0.3, -0.25) is 19.8 Å². The van der Waals surface area contributed by atoms with Crippen molar-refractivity contribution in [2.45, 2.75) is 58.5 Å². The lowest BCUT2D eigenvalue weighted by Gasteiger charge is -2.45. The summed E-state index contributed by atoms with van der Waals surface area (Å²) in [6, 6.07) is -1.25. The Hall–Kier alpha value is -1.67. The summed E-state index contributed by atoms with van der Waals surface area (Å²) in [6.07, 6.45) is -0.807. The van der Waals surface area contributed by atoms with Crippen LogP contribution in [0.4, 0.5) is 4.79 Å². The Bertz CT molecular complexity index is 493. The number of urea groups is 1. The van der Waals surface area contributed by atoms with Crippen LogP contribution in [0.25, 0.3) is 0 Å². The molecule has 2 fully saturated rings. The zero-order valence-electron chi connectivity index (χ0n) is 13.3. The van der Waals surface area contributed by atoms with Crippen LogP contribution in [0.3, 0.4) is 0 Å². The molecule has 2 aliphatic rings. The highest BCUT2D eigenvalue weighted by Gasteiger charge is 2.50. The Balaban J connectivity index is 2.18. The maximum Gasteiger partial charge on any atom is 0.326 e. The number of ether oxygens (including phenoxy) is 1. The number of amides is 4. The highest BCUT2D eigenvalue weighted by atomic mass is 16.5. The molecular formula is C14H23N3O5. The highest BCUT2D eigenvalue weighted by molar-refractivity contribution is 6.00. The first-order valence-corrected chi connectivity index (χ1v) is 7.35. The predicted octanol–water partition coefficient (Wildman–Crippen LogP) is -0.435. The quantitative estimate of drug-likeness (QED) is 0.655. The van der Waals surface area contributed by atoms with E-state index in [2.05, 4.69) is 10.6 Å². The second kappa shape index (κ2) is 5.85. The molecule has 0 saturated carbocycles. The Kier molecular flexibility index (Phi) is 4.44. The normalized spacial score (nSPS) is 34.5. The van der Waals surface area contributed by atoms with E-state index in [9.17, 15) is 19.5 Å². The first-order valence-electron chi connectivity index (χ1n) is 7.35. The van der Waals surface area contributed by atoms with Crippen molar-refractivity contribution >= 4 is 17.8 Å². The molecule has 4 unspecified atom stereocenters. The van der Waals surface area contributed by atoms with Crippen LogP contribution in [0.5, 0.6) is 0 Å². The van der Waals surface area contributed by atoms with Gasteiger partial charge < -0.3 is 15.2 Å². The summed E-state index contributed by atoms with van der Waals surface area (Å²) >= 11 is 0. The maximum atomic E-state index is 12.2. The molecule has 2 heterocycles. The minimum absolute atomic E-state index is 0.223. The lowest BCUT2D eigenvalue weighted by atomic mass is 9.81. The summed E-state index contributed by atoms with van der Waals surface area (Å²) in [6.45, 7) is 6.44.